The van der Waals surface area contributed by atoms with E-state index in [1.807, 2.05) is 0 Å². The van der Waals surface area contributed by atoms with Gasteiger partial charge in [-0.25, -0.2) is 12.8 Å². The molecule has 19 heavy (non-hydrogen) atoms. The van der Waals surface area contributed by atoms with Gasteiger partial charge < -0.3 is 0 Å². The van der Waals surface area contributed by atoms with Crippen LogP contribution < -0.4 is 4.72 Å². The molecule has 2 aromatic rings. The van der Waals surface area contributed by atoms with Gasteiger partial charge in [0, 0.05) is 5.02 Å². The zero-order valence-corrected chi connectivity index (χ0v) is 11.7. The van der Waals surface area contributed by atoms with Crippen molar-refractivity contribution in [2.45, 2.75) is 4.90 Å². The minimum atomic E-state index is -3.92. The van der Waals surface area contributed by atoms with Gasteiger partial charge in [-0.15, -0.1) is 0 Å². The third-order valence-electron chi connectivity index (χ3n) is 2.26. The third-order valence-corrected chi connectivity index (χ3v) is 4.36. The predicted octanol–water partition coefficient (Wildman–Crippen LogP) is 3.93. The van der Waals surface area contributed by atoms with Crippen molar-refractivity contribution in [3.05, 3.63) is 58.3 Å². The van der Waals surface area contributed by atoms with Gasteiger partial charge in [-0.1, -0.05) is 29.3 Å². The van der Waals surface area contributed by atoms with Crippen LogP contribution >= 0.6 is 23.2 Å². The summed E-state index contributed by atoms with van der Waals surface area (Å²) in [5.74, 6) is -0.544. The van der Waals surface area contributed by atoms with Gasteiger partial charge in [0.15, 0.2) is 0 Å². The van der Waals surface area contributed by atoms with Crippen LogP contribution in [0.5, 0.6) is 0 Å². The molecule has 2 rings (SSSR count). The van der Waals surface area contributed by atoms with Gasteiger partial charge in [0.05, 0.1) is 10.7 Å². The topological polar surface area (TPSA) is 46.2 Å². The molecule has 0 amide bonds. The molecule has 3 nitrogen and oxygen atoms in total. The average molecular weight is 320 g/mol. The van der Waals surface area contributed by atoms with Crippen LogP contribution in [0, 0.1) is 5.82 Å². The van der Waals surface area contributed by atoms with Gasteiger partial charge in [-0.2, -0.15) is 0 Å². The molecule has 0 aliphatic rings. The number of anilines is 1. The maximum atomic E-state index is 13.0. The first-order chi connectivity index (χ1) is 8.88. The fraction of sp³-hybridized carbons (Fsp3) is 0. The highest BCUT2D eigenvalue weighted by Crippen LogP contribution is 2.26. The van der Waals surface area contributed by atoms with E-state index in [0.717, 1.165) is 6.07 Å². The molecule has 0 radical (unpaired) electrons. The summed E-state index contributed by atoms with van der Waals surface area (Å²) in [6.07, 6.45) is 0. The van der Waals surface area contributed by atoms with Gasteiger partial charge in [-0.3, -0.25) is 4.72 Å². The molecular formula is C12H8Cl2FNO2S. The van der Waals surface area contributed by atoms with Crippen LogP contribution in [0.1, 0.15) is 0 Å². The van der Waals surface area contributed by atoms with Crippen LogP contribution in [-0.2, 0) is 10.0 Å². The van der Waals surface area contributed by atoms with Crippen LogP contribution in [0.25, 0.3) is 0 Å². The lowest BCUT2D eigenvalue weighted by Gasteiger charge is -2.09. The van der Waals surface area contributed by atoms with Crippen molar-refractivity contribution in [2.24, 2.45) is 0 Å². The summed E-state index contributed by atoms with van der Waals surface area (Å²) < 4.78 is 39.5. The Morgan fingerprint density at radius 2 is 1.79 bits per heavy atom. The summed E-state index contributed by atoms with van der Waals surface area (Å²) in [4.78, 5) is -0.161. The van der Waals surface area contributed by atoms with Crippen LogP contribution in [-0.4, -0.2) is 8.42 Å². The molecule has 0 saturated carbocycles. The number of rotatable bonds is 3. The van der Waals surface area contributed by atoms with Crippen molar-refractivity contribution in [3.63, 3.8) is 0 Å². The number of sulfonamides is 1. The Morgan fingerprint density at radius 3 is 2.47 bits per heavy atom. The van der Waals surface area contributed by atoms with Gasteiger partial charge >= 0.3 is 0 Å². The lowest BCUT2D eigenvalue weighted by atomic mass is 10.3. The standard InChI is InChI=1S/C12H8Cl2FNO2S/c13-8-4-5-11(14)12(6-8)19(17,18)16-10-3-1-2-9(15)7-10/h1-7,16H. The molecule has 0 aromatic heterocycles. The number of hydrogen-bond donors (Lipinski definition) is 1. The van der Waals surface area contributed by atoms with E-state index in [2.05, 4.69) is 4.72 Å². The van der Waals surface area contributed by atoms with E-state index in [1.54, 1.807) is 0 Å². The van der Waals surface area contributed by atoms with E-state index in [9.17, 15) is 12.8 Å². The predicted molar refractivity (Wildman–Crippen MR) is 73.7 cm³/mol. The van der Waals surface area contributed by atoms with E-state index in [-0.39, 0.29) is 20.6 Å². The SMILES string of the molecule is O=S(=O)(Nc1cccc(F)c1)c1cc(Cl)ccc1Cl. The van der Waals surface area contributed by atoms with Crippen molar-refractivity contribution in [3.8, 4) is 0 Å². The van der Waals surface area contributed by atoms with Crippen molar-refractivity contribution >= 4 is 38.9 Å². The first kappa shape index (κ1) is 14.1. The van der Waals surface area contributed by atoms with E-state index in [1.165, 1.54) is 36.4 Å². The van der Waals surface area contributed by atoms with E-state index in [4.69, 9.17) is 23.2 Å². The summed E-state index contributed by atoms with van der Waals surface area (Å²) in [6, 6.07) is 9.19. The lowest BCUT2D eigenvalue weighted by Crippen LogP contribution is -2.13. The Kier molecular flexibility index (Phi) is 3.99. The Balaban J connectivity index is 2.40. The smallest absolute Gasteiger partial charge is 0.263 e. The Labute approximate surface area is 120 Å². The van der Waals surface area contributed by atoms with Crippen molar-refractivity contribution < 1.29 is 12.8 Å². The van der Waals surface area contributed by atoms with Crippen LogP contribution in [0.2, 0.25) is 10.0 Å². The van der Waals surface area contributed by atoms with Crippen LogP contribution in [0.4, 0.5) is 10.1 Å². The molecule has 0 aliphatic carbocycles. The Hall–Kier alpha value is -1.30. The quantitative estimate of drug-likeness (QED) is 0.931. The molecule has 1 N–H and O–H groups in total. The Bertz CT molecular complexity index is 719. The molecule has 0 saturated heterocycles. The molecule has 0 unspecified atom stereocenters. The summed E-state index contributed by atoms with van der Waals surface area (Å²) in [7, 11) is -3.92. The third kappa shape index (κ3) is 3.37. The van der Waals surface area contributed by atoms with E-state index in [0.29, 0.717) is 0 Å². The first-order valence-electron chi connectivity index (χ1n) is 5.12. The second-order valence-electron chi connectivity index (χ2n) is 3.69. The number of benzene rings is 2. The zero-order chi connectivity index (χ0) is 14.0. The van der Waals surface area contributed by atoms with Crippen LogP contribution in [0.3, 0.4) is 0 Å². The fourth-order valence-electron chi connectivity index (χ4n) is 1.45. The Morgan fingerprint density at radius 1 is 1.05 bits per heavy atom. The second kappa shape index (κ2) is 5.36. The fourth-order valence-corrected chi connectivity index (χ4v) is 3.26. The van der Waals surface area contributed by atoms with Crippen molar-refractivity contribution in [1.29, 1.82) is 0 Å². The molecule has 0 bridgehead atoms. The summed E-state index contributed by atoms with van der Waals surface area (Å²) >= 11 is 11.6. The lowest BCUT2D eigenvalue weighted by molar-refractivity contribution is 0.601. The molecule has 7 heteroatoms. The van der Waals surface area contributed by atoms with Crippen molar-refractivity contribution in [2.75, 3.05) is 4.72 Å². The maximum Gasteiger partial charge on any atom is 0.263 e. The largest absolute Gasteiger partial charge is 0.279 e. The molecular weight excluding hydrogens is 312 g/mol. The van der Waals surface area contributed by atoms with E-state index >= 15 is 0 Å². The van der Waals surface area contributed by atoms with Gasteiger partial charge in [0.1, 0.15) is 10.7 Å². The molecule has 0 aliphatic heterocycles. The minimum absolute atomic E-state index is 0.0355. The number of nitrogens with one attached hydrogen (secondary N) is 1. The average Bonchev–Trinajstić information content (AvgIpc) is 2.31. The molecule has 0 fully saturated rings. The van der Waals surface area contributed by atoms with Gasteiger partial charge in [0.2, 0.25) is 0 Å². The van der Waals surface area contributed by atoms with E-state index < -0.39 is 15.8 Å². The number of halogens is 3. The minimum Gasteiger partial charge on any atom is -0.279 e. The molecule has 2 aromatic carbocycles. The number of hydrogen-bond acceptors (Lipinski definition) is 2. The molecule has 0 spiro atoms. The van der Waals surface area contributed by atoms with Crippen LogP contribution in [0.15, 0.2) is 47.4 Å². The summed E-state index contributed by atoms with van der Waals surface area (Å²) in [5, 5.41) is 0.275. The second-order valence-corrected chi connectivity index (χ2v) is 6.19. The highest BCUT2D eigenvalue weighted by molar-refractivity contribution is 7.92. The van der Waals surface area contributed by atoms with Gasteiger partial charge in [-0.05, 0) is 36.4 Å². The first-order valence-corrected chi connectivity index (χ1v) is 7.36. The maximum absolute atomic E-state index is 13.0. The van der Waals surface area contributed by atoms with Crippen molar-refractivity contribution in [1.82, 2.24) is 0 Å². The van der Waals surface area contributed by atoms with Gasteiger partial charge in [0.25, 0.3) is 10.0 Å². The molecule has 0 atom stereocenters. The molecule has 100 valence electrons. The monoisotopic (exact) mass is 319 g/mol. The normalized spacial score (nSPS) is 11.3. The summed E-state index contributed by atoms with van der Waals surface area (Å²) in [5.41, 5.74) is 0.107. The highest BCUT2D eigenvalue weighted by atomic mass is 35.5. The zero-order valence-electron chi connectivity index (χ0n) is 9.40. The molecule has 0 heterocycles. The summed E-state index contributed by atoms with van der Waals surface area (Å²) in [6.45, 7) is 0. The highest BCUT2D eigenvalue weighted by Gasteiger charge is 2.18.